The van der Waals surface area contributed by atoms with Crippen molar-refractivity contribution in [3.63, 3.8) is 0 Å². The molecule has 1 aromatic heterocycles. The normalized spacial score (nSPS) is 14.6. The maximum absolute atomic E-state index is 13.6. The van der Waals surface area contributed by atoms with Crippen molar-refractivity contribution in [3.8, 4) is 5.75 Å². The van der Waals surface area contributed by atoms with Gasteiger partial charge in [-0.2, -0.15) is 0 Å². The van der Waals surface area contributed by atoms with E-state index in [1.165, 1.54) is 12.1 Å². The zero-order valence-corrected chi connectivity index (χ0v) is 7.54. The van der Waals surface area contributed by atoms with Crippen molar-refractivity contribution in [1.29, 1.82) is 0 Å². The van der Waals surface area contributed by atoms with E-state index in [4.69, 9.17) is 4.11 Å². The molecule has 72 valence electrons. The Kier molecular flexibility index (Phi) is 1.38. The lowest BCUT2D eigenvalue weighted by Gasteiger charge is -2.05. The molecule has 0 aliphatic heterocycles. The topological polar surface area (TPSA) is 22.1 Å². The van der Waals surface area contributed by atoms with Crippen LogP contribution in [0.15, 0.2) is 24.4 Å². The second-order valence-electron chi connectivity index (χ2n) is 3.03. The number of hydrogen-bond donors (Lipinski definition) is 0. The molecule has 0 amide bonds. The molecule has 2 rings (SSSR count). The van der Waals surface area contributed by atoms with E-state index in [-0.39, 0.29) is 5.75 Å². The molecule has 14 heavy (non-hydrogen) atoms. The Labute approximate surface area is 85.6 Å². The lowest BCUT2D eigenvalue weighted by molar-refractivity contribution is 0.387. The Balaban J connectivity index is 2.58. The summed E-state index contributed by atoms with van der Waals surface area (Å²) in [5, 5.41) is 0.674. The fourth-order valence-corrected chi connectivity index (χ4v) is 1.36. The van der Waals surface area contributed by atoms with Crippen molar-refractivity contribution in [2.45, 2.75) is 6.92 Å². The highest BCUT2D eigenvalue weighted by atomic mass is 19.1. The van der Waals surface area contributed by atoms with Crippen molar-refractivity contribution in [1.82, 2.24) is 4.98 Å². The van der Waals surface area contributed by atoms with Crippen LogP contribution < -0.4 is 4.74 Å². The number of hydrogen-bond acceptors (Lipinski definition) is 2. The van der Waals surface area contributed by atoms with Crippen LogP contribution in [0.2, 0.25) is 0 Å². The first-order chi connectivity index (χ1) is 7.87. The molecule has 0 radical (unpaired) electrons. The molecule has 0 N–H and O–H groups in total. The molecule has 0 unspecified atom stereocenters. The third kappa shape index (κ3) is 1.31. The van der Waals surface area contributed by atoms with Gasteiger partial charge in [-0.1, -0.05) is 0 Å². The third-order valence-electron chi connectivity index (χ3n) is 2.12. The number of nitrogens with zero attached hydrogens (tertiary/aromatic N) is 1. The molecule has 0 aliphatic carbocycles. The van der Waals surface area contributed by atoms with Crippen LogP contribution in [0.1, 0.15) is 9.68 Å². The molecule has 0 saturated heterocycles. The molecular formula is C11H10FNO. The summed E-state index contributed by atoms with van der Waals surface area (Å²) in [5.74, 6) is -1.01. The number of methoxy groups -OCH3 is 1. The van der Waals surface area contributed by atoms with Gasteiger partial charge >= 0.3 is 0 Å². The van der Waals surface area contributed by atoms with E-state index in [1.54, 1.807) is 12.3 Å². The van der Waals surface area contributed by atoms with Crippen LogP contribution >= 0.6 is 0 Å². The van der Waals surface area contributed by atoms with Crippen molar-refractivity contribution in [3.05, 3.63) is 35.8 Å². The second-order valence-corrected chi connectivity index (χ2v) is 3.03. The second kappa shape index (κ2) is 3.25. The molecule has 1 aromatic carbocycles. The van der Waals surface area contributed by atoms with E-state index < -0.39 is 12.9 Å². The van der Waals surface area contributed by atoms with Gasteiger partial charge in [-0.15, -0.1) is 0 Å². The maximum Gasteiger partial charge on any atom is 0.167 e. The zero-order chi connectivity index (χ0) is 12.6. The largest absolute Gasteiger partial charge is 0.494 e. The summed E-state index contributed by atoms with van der Waals surface area (Å²) in [7, 11) is -2.66. The number of benzene rings is 1. The predicted octanol–water partition coefficient (Wildman–Crippen LogP) is 2.69. The first-order valence-electron chi connectivity index (χ1n) is 5.61. The minimum atomic E-state index is -2.66. The minimum absolute atomic E-state index is 0.284. The Morgan fingerprint density at radius 3 is 3.14 bits per heavy atom. The van der Waals surface area contributed by atoms with E-state index in [9.17, 15) is 4.39 Å². The molecule has 0 fully saturated rings. The number of fused-ring (bicyclic) bond motifs is 1. The highest BCUT2D eigenvalue weighted by molar-refractivity contribution is 5.83. The SMILES string of the molecule is [2H]C([2H])([2H])Oc1cc2c(C)ccnc2cc1F. The molecule has 0 spiro atoms. The van der Waals surface area contributed by atoms with Gasteiger partial charge in [-0.25, -0.2) is 4.39 Å². The Bertz CT molecular complexity index is 568. The zero-order valence-electron chi connectivity index (χ0n) is 10.5. The number of aromatic nitrogens is 1. The fraction of sp³-hybridized carbons (Fsp3) is 0.182. The van der Waals surface area contributed by atoms with Gasteiger partial charge < -0.3 is 4.74 Å². The lowest BCUT2D eigenvalue weighted by atomic mass is 10.1. The Morgan fingerprint density at radius 2 is 2.36 bits per heavy atom. The molecule has 0 atom stereocenters. The average Bonchev–Trinajstić information content (AvgIpc) is 2.18. The third-order valence-corrected chi connectivity index (χ3v) is 2.12. The van der Waals surface area contributed by atoms with Gasteiger partial charge in [0.05, 0.1) is 16.7 Å². The van der Waals surface area contributed by atoms with Crippen LogP contribution in [0, 0.1) is 12.7 Å². The van der Waals surface area contributed by atoms with Crippen LogP contribution in [-0.4, -0.2) is 12.0 Å². The summed E-state index contributed by atoms with van der Waals surface area (Å²) in [6.45, 7) is 1.83. The fourth-order valence-electron chi connectivity index (χ4n) is 1.36. The average molecular weight is 194 g/mol. The van der Waals surface area contributed by atoms with Crippen LogP contribution in [0.5, 0.6) is 5.75 Å². The molecule has 0 saturated carbocycles. The molecule has 0 bridgehead atoms. The minimum Gasteiger partial charge on any atom is -0.494 e. The van der Waals surface area contributed by atoms with Gasteiger partial charge in [0.25, 0.3) is 0 Å². The summed E-state index contributed by atoms with van der Waals surface area (Å²) in [6, 6.07) is 4.29. The van der Waals surface area contributed by atoms with Crippen LogP contribution in [0.4, 0.5) is 4.39 Å². The summed E-state index contributed by atoms with van der Waals surface area (Å²) in [5.41, 5.74) is 1.35. The summed E-state index contributed by atoms with van der Waals surface area (Å²) >= 11 is 0. The number of pyridine rings is 1. The van der Waals surface area contributed by atoms with E-state index in [0.29, 0.717) is 10.9 Å². The van der Waals surface area contributed by atoms with Crippen molar-refractivity contribution < 1.29 is 13.2 Å². The van der Waals surface area contributed by atoms with E-state index in [0.717, 1.165) is 5.56 Å². The first kappa shape index (κ1) is 5.96. The van der Waals surface area contributed by atoms with Crippen LogP contribution in [-0.2, 0) is 0 Å². The standard InChI is InChI=1S/C11H10FNO/c1-7-3-4-13-10-6-9(12)11(14-2)5-8(7)10/h3-6H,1-2H3/i2D3. The van der Waals surface area contributed by atoms with Crippen molar-refractivity contribution in [2.75, 3.05) is 7.04 Å². The lowest BCUT2D eigenvalue weighted by Crippen LogP contribution is -1.90. The Hall–Kier alpha value is -1.64. The van der Waals surface area contributed by atoms with Gasteiger partial charge in [0.15, 0.2) is 11.6 Å². The van der Waals surface area contributed by atoms with Gasteiger partial charge in [-0.05, 0) is 24.6 Å². The van der Waals surface area contributed by atoms with Crippen LogP contribution in [0.25, 0.3) is 10.9 Å². The Morgan fingerprint density at radius 1 is 1.50 bits per heavy atom. The number of ether oxygens (including phenoxy) is 1. The van der Waals surface area contributed by atoms with E-state index in [1.807, 2.05) is 6.92 Å². The van der Waals surface area contributed by atoms with Crippen LogP contribution in [0.3, 0.4) is 0 Å². The van der Waals surface area contributed by atoms with Gasteiger partial charge in [-0.3, -0.25) is 4.98 Å². The predicted molar refractivity (Wildman–Crippen MR) is 53.0 cm³/mol. The first-order valence-corrected chi connectivity index (χ1v) is 4.11. The van der Waals surface area contributed by atoms with Gasteiger partial charge in [0.2, 0.25) is 0 Å². The highest BCUT2D eigenvalue weighted by Gasteiger charge is 2.06. The maximum atomic E-state index is 13.6. The number of aryl methyl sites for hydroxylation is 1. The van der Waals surface area contributed by atoms with E-state index >= 15 is 0 Å². The molecule has 2 aromatic rings. The monoisotopic (exact) mass is 194 g/mol. The number of halogens is 1. The van der Waals surface area contributed by atoms with Crippen molar-refractivity contribution in [2.24, 2.45) is 0 Å². The molecule has 1 heterocycles. The van der Waals surface area contributed by atoms with Crippen molar-refractivity contribution >= 4 is 10.9 Å². The summed E-state index contributed by atoms with van der Waals surface area (Å²) in [4.78, 5) is 4.00. The number of rotatable bonds is 1. The molecular weight excluding hydrogens is 181 g/mol. The summed E-state index contributed by atoms with van der Waals surface area (Å²) in [6.07, 6.45) is 1.57. The molecule has 0 aliphatic rings. The molecule has 3 heteroatoms. The summed E-state index contributed by atoms with van der Waals surface area (Å²) < 4.78 is 39.0. The quantitative estimate of drug-likeness (QED) is 0.696. The van der Waals surface area contributed by atoms with Gasteiger partial charge in [0, 0.05) is 17.6 Å². The smallest absolute Gasteiger partial charge is 0.167 e. The molecule has 2 nitrogen and oxygen atoms in total. The van der Waals surface area contributed by atoms with Gasteiger partial charge in [0.1, 0.15) is 0 Å². The van der Waals surface area contributed by atoms with E-state index in [2.05, 4.69) is 9.72 Å². The highest BCUT2D eigenvalue weighted by Crippen LogP contribution is 2.25.